The lowest BCUT2D eigenvalue weighted by molar-refractivity contribution is 0.0582. The lowest BCUT2D eigenvalue weighted by atomic mass is 10.1. The summed E-state index contributed by atoms with van der Waals surface area (Å²) in [4.78, 5) is -0.241. The molecule has 1 heterocycles. The van der Waals surface area contributed by atoms with Crippen molar-refractivity contribution in [1.82, 2.24) is 14.5 Å². The molecule has 0 spiro atoms. The number of rotatable bonds is 6. The second-order valence-corrected chi connectivity index (χ2v) is 5.90. The smallest absolute Gasteiger partial charge is 0.246 e. The molecule has 0 amide bonds. The van der Waals surface area contributed by atoms with Crippen LogP contribution >= 0.6 is 0 Å². The Morgan fingerprint density at radius 2 is 1.79 bits per heavy atom. The van der Waals surface area contributed by atoms with Gasteiger partial charge in [-0.25, -0.2) is 8.42 Å². The highest BCUT2D eigenvalue weighted by Gasteiger charge is 2.36. The average molecular weight is 294 g/mol. The van der Waals surface area contributed by atoms with E-state index in [1.165, 1.54) is 18.7 Å². The predicted octanol–water partition coefficient (Wildman–Crippen LogP) is -2.70. The first-order valence-corrected chi connectivity index (χ1v) is 6.87. The van der Waals surface area contributed by atoms with Crippen LogP contribution in [0.4, 0.5) is 5.82 Å². The fraction of sp³-hybridized carbons (Fsp3) is 0.667. The molecule has 0 saturated heterocycles. The van der Waals surface area contributed by atoms with E-state index in [0.717, 1.165) is 0 Å². The van der Waals surface area contributed by atoms with Gasteiger partial charge in [0.05, 0.1) is 25.5 Å². The van der Waals surface area contributed by atoms with Crippen LogP contribution in [0.2, 0.25) is 0 Å². The summed E-state index contributed by atoms with van der Waals surface area (Å²) >= 11 is 0. The minimum atomic E-state index is -4.13. The molecule has 6 N–H and O–H groups in total. The zero-order chi connectivity index (χ0) is 14.8. The number of anilines is 1. The van der Waals surface area contributed by atoms with Gasteiger partial charge in [-0.3, -0.25) is 4.68 Å². The maximum absolute atomic E-state index is 12.2. The van der Waals surface area contributed by atoms with E-state index >= 15 is 0 Å². The molecule has 0 aliphatic carbocycles. The molecule has 110 valence electrons. The molecule has 0 unspecified atom stereocenters. The second kappa shape index (κ2) is 5.43. The zero-order valence-corrected chi connectivity index (χ0v) is 11.5. The first-order chi connectivity index (χ1) is 8.73. The van der Waals surface area contributed by atoms with Crippen LogP contribution in [0, 0.1) is 6.92 Å². The summed E-state index contributed by atoms with van der Waals surface area (Å²) in [5.41, 5.74) is 4.08. The molecule has 0 saturated carbocycles. The van der Waals surface area contributed by atoms with Crippen molar-refractivity contribution in [3.05, 3.63) is 5.69 Å². The average Bonchev–Trinajstić information content (AvgIpc) is 2.61. The van der Waals surface area contributed by atoms with Crippen LogP contribution in [0.15, 0.2) is 4.90 Å². The van der Waals surface area contributed by atoms with Crippen LogP contribution in [0.1, 0.15) is 5.69 Å². The third kappa shape index (κ3) is 2.87. The van der Waals surface area contributed by atoms with Gasteiger partial charge in [0.2, 0.25) is 10.0 Å². The van der Waals surface area contributed by atoms with Gasteiger partial charge in [0, 0.05) is 7.05 Å². The third-order valence-electron chi connectivity index (χ3n) is 2.83. The lowest BCUT2D eigenvalue weighted by Crippen LogP contribution is -2.56. The predicted molar refractivity (Wildman–Crippen MR) is 66.7 cm³/mol. The van der Waals surface area contributed by atoms with Crippen LogP contribution in [0.25, 0.3) is 0 Å². The number of nitrogen functional groups attached to an aromatic ring is 1. The monoisotopic (exact) mass is 294 g/mol. The molecule has 0 atom stereocenters. The van der Waals surface area contributed by atoms with Crippen molar-refractivity contribution >= 4 is 15.8 Å². The molecule has 0 fully saturated rings. The molecular weight excluding hydrogens is 276 g/mol. The van der Waals surface area contributed by atoms with E-state index < -0.39 is 35.4 Å². The summed E-state index contributed by atoms with van der Waals surface area (Å²) in [6.07, 6.45) is 0. The number of nitrogens with one attached hydrogen (secondary N) is 1. The number of sulfonamides is 1. The van der Waals surface area contributed by atoms with Crippen molar-refractivity contribution in [2.75, 3.05) is 25.6 Å². The number of nitrogens with zero attached hydrogens (tertiary/aromatic N) is 2. The van der Waals surface area contributed by atoms with Crippen molar-refractivity contribution in [3.63, 3.8) is 0 Å². The fourth-order valence-electron chi connectivity index (χ4n) is 1.53. The van der Waals surface area contributed by atoms with E-state index in [2.05, 4.69) is 9.82 Å². The van der Waals surface area contributed by atoms with Gasteiger partial charge in [-0.1, -0.05) is 0 Å². The van der Waals surface area contributed by atoms with E-state index in [-0.39, 0.29) is 10.7 Å². The number of aryl methyl sites for hydroxylation is 1. The highest BCUT2D eigenvalue weighted by atomic mass is 32.2. The molecule has 1 rings (SSSR count). The van der Waals surface area contributed by atoms with Gasteiger partial charge >= 0.3 is 0 Å². The Labute approximate surface area is 110 Å². The topological polar surface area (TPSA) is 151 Å². The quantitative estimate of drug-likeness (QED) is 0.383. The Morgan fingerprint density at radius 1 is 1.32 bits per heavy atom. The Kier molecular flexibility index (Phi) is 4.53. The lowest BCUT2D eigenvalue weighted by Gasteiger charge is -2.28. The van der Waals surface area contributed by atoms with Crippen LogP contribution in [-0.2, 0) is 17.1 Å². The van der Waals surface area contributed by atoms with Crippen LogP contribution < -0.4 is 10.5 Å². The van der Waals surface area contributed by atoms with Crippen molar-refractivity contribution < 1.29 is 23.7 Å². The van der Waals surface area contributed by atoms with Gasteiger partial charge in [0.15, 0.2) is 5.82 Å². The van der Waals surface area contributed by atoms with Crippen LogP contribution in [0.3, 0.4) is 0 Å². The van der Waals surface area contributed by atoms with Gasteiger partial charge in [-0.05, 0) is 6.92 Å². The van der Waals surface area contributed by atoms with Crippen molar-refractivity contribution in [2.24, 2.45) is 7.05 Å². The highest BCUT2D eigenvalue weighted by molar-refractivity contribution is 7.89. The van der Waals surface area contributed by atoms with Crippen LogP contribution in [0.5, 0.6) is 0 Å². The van der Waals surface area contributed by atoms with Gasteiger partial charge in [0.1, 0.15) is 10.4 Å². The number of aliphatic hydroxyl groups excluding tert-OH is 3. The SMILES string of the molecule is Cc1c(S(=O)(=O)NC(CO)(CO)CO)c(N)nn1C. The first kappa shape index (κ1) is 15.9. The maximum atomic E-state index is 12.2. The molecule has 0 aliphatic rings. The van der Waals surface area contributed by atoms with E-state index in [1.807, 2.05) is 0 Å². The van der Waals surface area contributed by atoms with E-state index in [9.17, 15) is 8.42 Å². The number of aromatic nitrogens is 2. The standard InChI is InChI=1S/C9H18N4O5S/c1-6-7(8(10)11-13(6)2)19(17,18)12-9(3-14,4-15)5-16/h12,14-16H,3-5H2,1-2H3,(H2,10,11). The third-order valence-corrected chi connectivity index (χ3v) is 4.58. The molecule has 19 heavy (non-hydrogen) atoms. The number of aliphatic hydroxyl groups is 3. The number of hydrogen-bond acceptors (Lipinski definition) is 7. The molecule has 10 heteroatoms. The van der Waals surface area contributed by atoms with E-state index in [1.54, 1.807) is 0 Å². The molecule has 0 radical (unpaired) electrons. The van der Waals surface area contributed by atoms with E-state index in [4.69, 9.17) is 21.1 Å². The van der Waals surface area contributed by atoms with Crippen molar-refractivity contribution in [3.8, 4) is 0 Å². The number of nitrogens with two attached hydrogens (primary N) is 1. The van der Waals surface area contributed by atoms with Gasteiger partial charge in [-0.2, -0.15) is 9.82 Å². The Balaban J connectivity index is 3.25. The molecule has 1 aromatic heterocycles. The number of hydrogen-bond donors (Lipinski definition) is 5. The summed E-state index contributed by atoms with van der Waals surface area (Å²) in [7, 11) is -2.60. The molecule has 0 aliphatic heterocycles. The Morgan fingerprint density at radius 3 is 2.11 bits per heavy atom. The van der Waals surface area contributed by atoms with Gasteiger partial charge < -0.3 is 21.1 Å². The molecule has 1 aromatic rings. The largest absolute Gasteiger partial charge is 0.394 e. The Hall–Kier alpha value is -1.20. The minimum absolute atomic E-state index is 0.199. The van der Waals surface area contributed by atoms with Crippen molar-refractivity contribution in [1.29, 1.82) is 0 Å². The second-order valence-electron chi connectivity index (χ2n) is 4.28. The Bertz CT molecular complexity index is 541. The molecule has 0 bridgehead atoms. The van der Waals surface area contributed by atoms with Gasteiger partial charge in [-0.15, -0.1) is 0 Å². The summed E-state index contributed by atoms with van der Waals surface area (Å²) in [5.74, 6) is -0.199. The minimum Gasteiger partial charge on any atom is -0.394 e. The summed E-state index contributed by atoms with van der Waals surface area (Å²) in [5, 5.41) is 31.2. The van der Waals surface area contributed by atoms with Crippen LogP contribution in [-0.4, -0.2) is 58.9 Å². The van der Waals surface area contributed by atoms with Gasteiger partial charge in [0.25, 0.3) is 0 Å². The summed E-state index contributed by atoms with van der Waals surface area (Å²) in [6.45, 7) is -0.786. The molecular formula is C9H18N4O5S. The first-order valence-electron chi connectivity index (χ1n) is 5.38. The summed E-state index contributed by atoms with van der Waals surface area (Å²) in [6, 6.07) is 0. The fourth-order valence-corrected chi connectivity index (χ4v) is 3.23. The molecule has 9 nitrogen and oxygen atoms in total. The molecule has 0 aromatic carbocycles. The maximum Gasteiger partial charge on any atom is 0.246 e. The van der Waals surface area contributed by atoms with E-state index in [0.29, 0.717) is 5.69 Å². The van der Waals surface area contributed by atoms with Crippen molar-refractivity contribution in [2.45, 2.75) is 17.4 Å². The summed E-state index contributed by atoms with van der Waals surface area (Å²) < 4.78 is 27.8. The highest BCUT2D eigenvalue weighted by Crippen LogP contribution is 2.22. The normalized spacial score (nSPS) is 12.9. The zero-order valence-electron chi connectivity index (χ0n) is 10.7.